The Morgan fingerprint density at radius 2 is 1.50 bits per heavy atom. The van der Waals surface area contributed by atoms with Gasteiger partial charge in [-0.15, -0.1) is 10.2 Å². The van der Waals surface area contributed by atoms with Gasteiger partial charge in [0, 0.05) is 24.6 Å². The Bertz CT molecular complexity index is 622. The molecule has 1 unspecified atom stereocenters. The summed E-state index contributed by atoms with van der Waals surface area (Å²) in [6.07, 6.45) is 1.84. The normalized spacial score (nSPS) is 16.4. The molecule has 3 rings (SSSR count). The van der Waals surface area contributed by atoms with E-state index in [9.17, 15) is 0 Å². The van der Waals surface area contributed by atoms with Crippen LogP contribution in [0.1, 0.15) is 30.5 Å². The molecular formula is C16H18ClNO6. The lowest BCUT2D eigenvalue weighted by Crippen LogP contribution is -2.68. The van der Waals surface area contributed by atoms with Crippen molar-refractivity contribution in [2.24, 2.45) is 0 Å². The van der Waals surface area contributed by atoms with E-state index in [0.29, 0.717) is 13.2 Å². The maximum atomic E-state index is 8.49. The standard InChI is InChI=1S/C16H18NO2.ClHO4/c1-13(14-7-3-2-4-8-14)17-10-6-5-9-15(17)16-18-11-12-19-16;2-1(3,4)5/h2-10,13,16H,11-12H2,1H3;(H,2,3,4,5)/q+1;/p-1. The van der Waals surface area contributed by atoms with Gasteiger partial charge in [-0.1, -0.05) is 30.3 Å². The summed E-state index contributed by atoms with van der Waals surface area (Å²) >= 11 is 0. The number of hydrogen-bond acceptors (Lipinski definition) is 6. The Kier molecular flexibility index (Phi) is 6.64. The van der Waals surface area contributed by atoms with Crippen LogP contribution in [-0.4, -0.2) is 13.2 Å². The average molecular weight is 356 g/mol. The van der Waals surface area contributed by atoms with Crippen LogP contribution in [0.15, 0.2) is 54.7 Å². The lowest BCUT2D eigenvalue weighted by atomic mass is 10.1. The molecule has 0 spiro atoms. The Balaban J connectivity index is 0.000000368. The van der Waals surface area contributed by atoms with Gasteiger partial charge in [-0.2, -0.15) is 4.57 Å². The number of halogens is 1. The first-order valence-corrected chi connectivity index (χ1v) is 8.49. The topological polar surface area (TPSA) is 115 Å². The SMILES string of the molecule is CC(c1ccccc1)[n+]1ccccc1C1OCCO1.[O-][Cl+3]([O-])([O-])[O-]. The first-order chi connectivity index (χ1) is 11.4. The molecule has 1 aromatic carbocycles. The molecule has 1 saturated heterocycles. The van der Waals surface area contributed by atoms with E-state index in [4.69, 9.17) is 28.1 Å². The summed E-state index contributed by atoms with van der Waals surface area (Å²) in [5.41, 5.74) is 2.34. The van der Waals surface area contributed by atoms with Gasteiger partial charge in [-0.3, -0.25) is 0 Å². The summed E-state index contributed by atoms with van der Waals surface area (Å²) in [4.78, 5) is 0. The first-order valence-electron chi connectivity index (χ1n) is 7.26. The molecule has 0 aliphatic carbocycles. The maximum absolute atomic E-state index is 8.49. The highest BCUT2D eigenvalue weighted by atomic mass is 35.7. The molecule has 0 saturated carbocycles. The predicted molar refractivity (Wildman–Crippen MR) is 71.5 cm³/mol. The fraction of sp³-hybridized carbons (Fsp3) is 0.312. The summed E-state index contributed by atoms with van der Waals surface area (Å²) in [6, 6.07) is 16.8. The van der Waals surface area contributed by atoms with Gasteiger partial charge < -0.3 is 9.47 Å². The third kappa shape index (κ3) is 5.81. The fourth-order valence-corrected chi connectivity index (χ4v) is 2.44. The van der Waals surface area contributed by atoms with E-state index in [0.717, 1.165) is 5.69 Å². The zero-order chi connectivity index (χ0) is 17.6. The molecule has 24 heavy (non-hydrogen) atoms. The lowest BCUT2D eigenvalue weighted by Gasteiger charge is -2.17. The highest BCUT2D eigenvalue weighted by Crippen LogP contribution is 2.22. The molecule has 1 aromatic heterocycles. The summed E-state index contributed by atoms with van der Waals surface area (Å²) < 4.78 is 47.4. The Hall–Kier alpha value is -1.58. The summed E-state index contributed by atoms with van der Waals surface area (Å²) in [7, 11) is -4.94. The second-order valence-corrected chi connectivity index (χ2v) is 5.83. The van der Waals surface area contributed by atoms with Crippen molar-refractivity contribution in [3.05, 3.63) is 66.0 Å². The third-order valence-electron chi connectivity index (χ3n) is 3.49. The second-order valence-electron chi connectivity index (χ2n) is 5.07. The van der Waals surface area contributed by atoms with Crippen LogP contribution in [0.3, 0.4) is 0 Å². The molecule has 7 nitrogen and oxygen atoms in total. The van der Waals surface area contributed by atoms with E-state index >= 15 is 0 Å². The number of nitrogens with zero attached hydrogens (tertiary/aromatic N) is 1. The highest BCUT2D eigenvalue weighted by Gasteiger charge is 2.29. The molecule has 0 bridgehead atoms. The number of hydrogen-bond donors (Lipinski definition) is 0. The van der Waals surface area contributed by atoms with Crippen molar-refractivity contribution in [3.8, 4) is 0 Å². The highest BCUT2D eigenvalue weighted by molar-refractivity contribution is 5.17. The number of aromatic nitrogens is 1. The van der Waals surface area contributed by atoms with Crippen LogP contribution >= 0.6 is 0 Å². The number of pyridine rings is 1. The van der Waals surface area contributed by atoms with Crippen molar-refractivity contribution in [1.29, 1.82) is 0 Å². The first kappa shape index (κ1) is 18.8. The quantitative estimate of drug-likeness (QED) is 0.581. The molecule has 1 fully saturated rings. The van der Waals surface area contributed by atoms with Crippen molar-refractivity contribution >= 4 is 0 Å². The van der Waals surface area contributed by atoms with Crippen LogP contribution in [0.2, 0.25) is 0 Å². The Labute approximate surface area is 142 Å². The van der Waals surface area contributed by atoms with Gasteiger partial charge in [0.05, 0.1) is 13.2 Å². The van der Waals surface area contributed by atoms with Gasteiger partial charge in [0.2, 0.25) is 12.0 Å². The average Bonchev–Trinajstić information content (AvgIpc) is 3.08. The zero-order valence-corrected chi connectivity index (χ0v) is 13.8. The Morgan fingerprint density at radius 3 is 2.08 bits per heavy atom. The molecular weight excluding hydrogens is 338 g/mol. The van der Waals surface area contributed by atoms with Crippen LogP contribution in [0.5, 0.6) is 0 Å². The van der Waals surface area contributed by atoms with Gasteiger partial charge in [0.25, 0.3) is 0 Å². The molecule has 130 valence electrons. The number of ether oxygens (including phenoxy) is 2. The van der Waals surface area contributed by atoms with Crippen LogP contribution in [-0.2, 0) is 9.47 Å². The van der Waals surface area contributed by atoms with E-state index in [1.54, 1.807) is 0 Å². The minimum Gasteiger partial charge on any atom is -0.341 e. The molecule has 1 aliphatic heterocycles. The number of benzene rings is 1. The predicted octanol–water partition coefficient (Wildman–Crippen LogP) is -2.13. The van der Waals surface area contributed by atoms with E-state index in [2.05, 4.69) is 48.0 Å². The van der Waals surface area contributed by atoms with Gasteiger partial charge in [-0.05, 0) is 6.07 Å². The van der Waals surface area contributed by atoms with Gasteiger partial charge in [0.1, 0.15) is 0 Å². The smallest absolute Gasteiger partial charge is 0.245 e. The van der Waals surface area contributed by atoms with E-state index < -0.39 is 10.2 Å². The van der Waals surface area contributed by atoms with Crippen LogP contribution in [0.4, 0.5) is 0 Å². The maximum Gasteiger partial charge on any atom is 0.245 e. The van der Waals surface area contributed by atoms with Crippen molar-refractivity contribution in [1.82, 2.24) is 0 Å². The molecule has 0 N–H and O–H groups in total. The monoisotopic (exact) mass is 355 g/mol. The van der Waals surface area contributed by atoms with Crippen LogP contribution in [0, 0.1) is 10.2 Å². The second kappa shape index (κ2) is 8.50. The van der Waals surface area contributed by atoms with Crippen LogP contribution < -0.4 is 23.2 Å². The third-order valence-corrected chi connectivity index (χ3v) is 3.49. The van der Waals surface area contributed by atoms with E-state index in [-0.39, 0.29) is 12.3 Å². The summed E-state index contributed by atoms with van der Waals surface area (Å²) in [5, 5.41) is 0. The van der Waals surface area contributed by atoms with Crippen molar-refractivity contribution in [2.75, 3.05) is 13.2 Å². The lowest BCUT2D eigenvalue weighted by molar-refractivity contribution is -2.00. The molecule has 0 radical (unpaired) electrons. The molecule has 8 heteroatoms. The molecule has 2 heterocycles. The largest absolute Gasteiger partial charge is 0.341 e. The van der Waals surface area contributed by atoms with E-state index in [1.807, 2.05) is 18.2 Å². The van der Waals surface area contributed by atoms with Gasteiger partial charge in [-0.25, -0.2) is 18.6 Å². The molecule has 1 aliphatic rings. The molecule has 2 aromatic rings. The van der Waals surface area contributed by atoms with E-state index in [1.165, 1.54) is 5.56 Å². The van der Waals surface area contributed by atoms with Crippen molar-refractivity contribution < 1.29 is 42.9 Å². The van der Waals surface area contributed by atoms with Crippen molar-refractivity contribution in [2.45, 2.75) is 19.3 Å². The number of rotatable bonds is 3. The Morgan fingerprint density at radius 1 is 0.958 bits per heavy atom. The van der Waals surface area contributed by atoms with Crippen LogP contribution in [0.25, 0.3) is 0 Å². The van der Waals surface area contributed by atoms with Gasteiger partial charge in [0.15, 0.2) is 12.2 Å². The minimum absolute atomic E-state index is 0.243. The van der Waals surface area contributed by atoms with Crippen molar-refractivity contribution in [3.63, 3.8) is 0 Å². The fourth-order valence-electron chi connectivity index (χ4n) is 2.44. The summed E-state index contributed by atoms with van der Waals surface area (Å²) in [6.45, 7) is 3.52. The summed E-state index contributed by atoms with van der Waals surface area (Å²) in [5.74, 6) is 0. The minimum atomic E-state index is -4.94. The van der Waals surface area contributed by atoms with Gasteiger partial charge >= 0.3 is 0 Å². The zero-order valence-electron chi connectivity index (χ0n) is 13.0. The molecule has 0 amide bonds. The molecule has 1 atom stereocenters.